The molecule has 0 aliphatic heterocycles. The van der Waals surface area contributed by atoms with Crippen molar-refractivity contribution in [2.24, 2.45) is 0 Å². The average molecular weight is 715 g/mol. The first-order valence-electron chi connectivity index (χ1n) is 20.3. The van der Waals surface area contributed by atoms with Crippen LogP contribution in [0.1, 0.15) is 67.5 Å². The first kappa shape index (κ1) is 32.0. The van der Waals surface area contributed by atoms with Crippen molar-refractivity contribution < 1.29 is 0 Å². The molecule has 9 aromatic carbocycles. The van der Waals surface area contributed by atoms with Gasteiger partial charge < -0.3 is 0 Å². The van der Waals surface area contributed by atoms with Gasteiger partial charge in [-0.25, -0.2) is 0 Å². The molecule has 0 aromatic heterocycles. The fourth-order valence-electron chi connectivity index (χ4n) is 10.8. The lowest BCUT2D eigenvalue weighted by Gasteiger charge is -2.23. The highest BCUT2D eigenvalue weighted by atomic mass is 14.4. The SMILES string of the molecule is CC1(C)c2cc(-c3ccc4c(ccc5c6c(ccc54)C=CCC6)c3)ccc2-c2ccc(-c3ccc4ccc5cc6c(cc5c4c3)C(C)(C)c3ccccc3-6)cc21. The molecule has 0 fully saturated rings. The molecule has 0 nitrogen and oxygen atoms in total. The lowest BCUT2D eigenvalue weighted by Crippen LogP contribution is -2.15. The van der Waals surface area contributed by atoms with Crippen LogP contribution in [0.5, 0.6) is 0 Å². The Labute approximate surface area is 328 Å². The normalized spacial score (nSPS) is 15.6. The molecule has 0 saturated carbocycles. The molecule has 0 spiro atoms. The molecular weight excluding hydrogens is 673 g/mol. The van der Waals surface area contributed by atoms with E-state index in [0.717, 1.165) is 12.8 Å². The molecule has 0 heteroatoms. The van der Waals surface area contributed by atoms with Crippen LogP contribution in [0.4, 0.5) is 0 Å². The van der Waals surface area contributed by atoms with Gasteiger partial charge in [0.15, 0.2) is 0 Å². The number of hydrogen-bond donors (Lipinski definition) is 0. The molecule has 3 aliphatic rings. The number of rotatable bonds is 2. The van der Waals surface area contributed by atoms with E-state index < -0.39 is 0 Å². The molecule has 0 atom stereocenters. The maximum Gasteiger partial charge on any atom is 0.0159 e. The van der Waals surface area contributed by atoms with E-state index >= 15 is 0 Å². The van der Waals surface area contributed by atoms with Gasteiger partial charge in [-0.3, -0.25) is 0 Å². The van der Waals surface area contributed by atoms with Crippen LogP contribution < -0.4 is 0 Å². The highest BCUT2D eigenvalue weighted by Crippen LogP contribution is 2.52. The minimum absolute atomic E-state index is 0.0266. The van der Waals surface area contributed by atoms with Gasteiger partial charge in [0.25, 0.3) is 0 Å². The van der Waals surface area contributed by atoms with Crippen LogP contribution in [0.2, 0.25) is 0 Å². The summed E-state index contributed by atoms with van der Waals surface area (Å²) in [6, 6.07) is 56.2. The molecule has 0 radical (unpaired) electrons. The number of allylic oxidation sites excluding steroid dienone is 1. The fraction of sp³-hybridized carbons (Fsp3) is 0.143. The Morgan fingerprint density at radius 3 is 1.75 bits per heavy atom. The Bertz CT molecular complexity index is 3240. The predicted octanol–water partition coefficient (Wildman–Crippen LogP) is 15.2. The van der Waals surface area contributed by atoms with E-state index in [1.807, 2.05) is 0 Å². The van der Waals surface area contributed by atoms with E-state index in [2.05, 4.69) is 185 Å². The van der Waals surface area contributed by atoms with Gasteiger partial charge in [-0.05, 0) is 170 Å². The minimum Gasteiger partial charge on any atom is -0.0836 e. The van der Waals surface area contributed by atoms with Crippen LogP contribution in [0.3, 0.4) is 0 Å². The lowest BCUT2D eigenvalue weighted by molar-refractivity contribution is 0.661. The molecule has 0 N–H and O–H groups in total. The first-order valence-corrected chi connectivity index (χ1v) is 20.3. The summed E-state index contributed by atoms with van der Waals surface area (Å²) in [5, 5.41) is 10.7. The second-order valence-electron chi connectivity index (χ2n) is 17.6. The standard InChI is InChI=1S/C56H42/c1-55(2)51-12-8-7-11-45(51)50-29-40-16-14-34-13-15-36(28-48(34)49(40)32-54(50)55)38-20-26-47-46-25-19-37(30-52(46)56(3,4)53(47)31-38)35-18-22-42-39(27-35)21-24-43-41-10-6-5-9-33(41)17-23-44(42)43/h5,7-9,11-32H,6,10H2,1-4H3. The van der Waals surface area contributed by atoms with Crippen LogP contribution in [0.25, 0.3) is 93.7 Å². The average Bonchev–Trinajstić information content (AvgIpc) is 3.60. The third-order valence-electron chi connectivity index (χ3n) is 13.9. The molecule has 12 rings (SSSR count). The highest BCUT2D eigenvalue weighted by molar-refractivity contribution is 6.12. The summed E-state index contributed by atoms with van der Waals surface area (Å²) in [7, 11) is 0. The van der Waals surface area contributed by atoms with Crippen LogP contribution in [-0.2, 0) is 17.3 Å². The number of hydrogen-bond acceptors (Lipinski definition) is 0. The smallest absolute Gasteiger partial charge is 0.0159 e. The van der Waals surface area contributed by atoms with Crippen LogP contribution in [0.15, 0.2) is 152 Å². The van der Waals surface area contributed by atoms with Crippen molar-refractivity contribution in [3.8, 4) is 44.5 Å². The van der Waals surface area contributed by atoms with Crippen molar-refractivity contribution in [3.63, 3.8) is 0 Å². The van der Waals surface area contributed by atoms with Crippen molar-refractivity contribution in [1.82, 2.24) is 0 Å². The van der Waals surface area contributed by atoms with Gasteiger partial charge in [-0.1, -0.05) is 149 Å². The zero-order valence-electron chi connectivity index (χ0n) is 32.4. The number of aryl methyl sites for hydroxylation is 1. The summed E-state index contributed by atoms with van der Waals surface area (Å²) in [6.45, 7) is 9.56. The Hall–Kier alpha value is -6.24. The molecule has 0 heterocycles. The van der Waals surface area contributed by atoms with E-state index in [9.17, 15) is 0 Å². The Morgan fingerprint density at radius 1 is 0.375 bits per heavy atom. The Kier molecular flexibility index (Phi) is 6.40. The van der Waals surface area contributed by atoms with Crippen LogP contribution in [-0.4, -0.2) is 0 Å². The molecule has 266 valence electrons. The first-order chi connectivity index (χ1) is 27.2. The number of benzene rings is 9. The van der Waals surface area contributed by atoms with E-state index in [1.54, 1.807) is 0 Å². The monoisotopic (exact) mass is 714 g/mol. The second-order valence-corrected chi connectivity index (χ2v) is 17.6. The third-order valence-corrected chi connectivity index (χ3v) is 13.9. The van der Waals surface area contributed by atoms with Gasteiger partial charge in [-0.15, -0.1) is 0 Å². The Morgan fingerprint density at radius 2 is 0.929 bits per heavy atom. The maximum atomic E-state index is 2.48. The number of fused-ring (bicyclic) bond motifs is 14. The second kappa shape index (κ2) is 11.2. The van der Waals surface area contributed by atoms with Gasteiger partial charge in [-0.2, -0.15) is 0 Å². The molecule has 0 bridgehead atoms. The van der Waals surface area contributed by atoms with Crippen LogP contribution >= 0.6 is 0 Å². The van der Waals surface area contributed by atoms with Gasteiger partial charge in [0, 0.05) is 10.8 Å². The molecule has 56 heavy (non-hydrogen) atoms. The zero-order chi connectivity index (χ0) is 37.5. The topological polar surface area (TPSA) is 0 Å². The van der Waals surface area contributed by atoms with E-state index in [1.165, 1.54) is 121 Å². The summed E-state index contributed by atoms with van der Waals surface area (Å²) in [5.74, 6) is 0. The maximum absolute atomic E-state index is 2.48. The van der Waals surface area contributed by atoms with Crippen molar-refractivity contribution in [3.05, 3.63) is 185 Å². The Balaban J connectivity index is 0.918. The van der Waals surface area contributed by atoms with Crippen LogP contribution in [0, 0.1) is 0 Å². The molecule has 0 unspecified atom stereocenters. The molecule has 3 aliphatic carbocycles. The summed E-state index contributed by atoms with van der Waals surface area (Å²) >= 11 is 0. The lowest BCUT2D eigenvalue weighted by atomic mass is 9.80. The third kappa shape index (κ3) is 4.36. The fourth-order valence-corrected chi connectivity index (χ4v) is 10.8. The van der Waals surface area contributed by atoms with Gasteiger partial charge in [0.2, 0.25) is 0 Å². The largest absolute Gasteiger partial charge is 0.0836 e. The van der Waals surface area contributed by atoms with Gasteiger partial charge in [0.05, 0.1) is 0 Å². The van der Waals surface area contributed by atoms with Crippen molar-refractivity contribution in [2.45, 2.75) is 51.4 Å². The molecular formula is C56H42. The summed E-state index contributed by atoms with van der Waals surface area (Å²) in [6.07, 6.45) is 6.83. The quantitative estimate of drug-likeness (QED) is 0.156. The van der Waals surface area contributed by atoms with Crippen molar-refractivity contribution >= 4 is 49.2 Å². The summed E-state index contributed by atoms with van der Waals surface area (Å²) in [4.78, 5) is 0. The van der Waals surface area contributed by atoms with Gasteiger partial charge in [0.1, 0.15) is 0 Å². The molecule has 9 aromatic rings. The van der Waals surface area contributed by atoms with E-state index in [-0.39, 0.29) is 10.8 Å². The zero-order valence-corrected chi connectivity index (χ0v) is 32.4. The van der Waals surface area contributed by atoms with Crippen molar-refractivity contribution in [1.29, 1.82) is 0 Å². The van der Waals surface area contributed by atoms with E-state index in [4.69, 9.17) is 0 Å². The molecule has 0 amide bonds. The molecule has 0 saturated heterocycles. The highest BCUT2D eigenvalue weighted by Gasteiger charge is 2.37. The summed E-state index contributed by atoms with van der Waals surface area (Å²) in [5.41, 5.74) is 18.9. The minimum atomic E-state index is -0.123. The predicted molar refractivity (Wildman–Crippen MR) is 240 cm³/mol. The summed E-state index contributed by atoms with van der Waals surface area (Å²) < 4.78 is 0. The van der Waals surface area contributed by atoms with Gasteiger partial charge >= 0.3 is 0 Å². The van der Waals surface area contributed by atoms with Crippen molar-refractivity contribution in [2.75, 3.05) is 0 Å². The van der Waals surface area contributed by atoms with E-state index in [0.29, 0.717) is 0 Å².